The van der Waals surface area contributed by atoms with Gasteiger partial charge in [-0.3, -0.25) is 4.84 Å². The molecular weight excluding hydrogens is 382 g/mol. The molecule has 12 heteroatoms. The fourth-order valence-electron chi connectivity index (χ4n) is 1.40. The number of nitrogens with zero attached hydrogens (tertiary/aromatic N) is 2. The molecule has 0 bridgehead atoms. The SMILES string of the molecule is CCOC(=O)ONc1nc(C(=NOC(=O)OC(C)(C)C)C(=O)OCC)cs1. The first-order valence-corrected chi connectivity index (χ1v) is 8.74. The first-order valence-electron chi connectivity index (χ1n) is 7.86. The molecule has 27 heavy (non-hydrogen) atoms. The molecule has 0 unspecified atom stereocenters. The molecule has 0 atom stereocenters. The van der Waals surface area contributed by atoms with Gasteiger partial charge in [0.1, 0.15) is 11.3 Å². The standard InChI is InChI=1S/C15H21N3O8S/c1-6-22-11(19)10(17-26-14(21)24-15(3,4)5)9-8-27-12(16-9)18-25-13(20)23-7-2/h8H,6-7H2,1-5H3,(H,16,18). The molecule has 0 spiro atoms. The highest BCUT2D eigenvalue weighted by atomic mass is 32.1. The lowest BCUT2D eigenvalue weighted by Crippen LogP contribution is -2.25. The van der Waals surface area contributed by atoms with Crippen LogP contribution in [0.5, 0.6) is 0 Å². The van der Waals surface area contributed by atoms with Gasteiger partial charge in [-0.15, -0.1) is 11.3 Å². The Morgan fingerprint density at radius 2 is 1.81 bits per heavy atom. The molecular formula is C15H21N3O8S. The van der Waals surface area contributed by atoms with Gasteiger partial charge in [0.05, 0.1) is 13.2 Å². The van der Waals surface area contributed by atoms with E-state index in [2.05, 4.69) is 30.0 Å². The Kier molecular flexibility index (Phi) is 8.45. The van der Waals surface area contributed by atoms with Gasteiger partial charge in [-0.1, -0.05) is 5.16 Å². The smallest absolute Gasteiger partial charge is 0.461 e. The quantitative estimate of drug-likeness (QED) is 0.238. The summed E-state index contributed by atoms with van der Waals surface area (Å²) in [4.78, 5) is 48.0. The maximum atomic E-state index is 12.1. The monoisotopic (exact) mass is 403 g/mol. The van der Waals surface area contributed by atoms with Gasteiger partial charge >= 0.3 is 18.3 Å². The molecule has 0 radical (unpaired) electrons. The lowest BCUT2D eigenvalue weighted by molar-refractivity contribution is -0.135. The van der Waals surface area contributed by atoms with Crippen LogP contribution in [0.4, 0.5) is 14.7 Å². The van der Waals surface area contributed by atoms with Gasteiger partial charge in [0.25, 0.3) is 0 Å². The second-order valence-electron chi connectivity index (χ2n) is 5.64. The van der Waals surface area contributed by atoms with E-state index in [-0.39, 0.29) is 29.8 Å². The number of anilines is 1. The average molecular weight is 403 g/mol. The van der Waals surface area contributed by atoms with Gasteiger partial charge < -0.3 is 19.0 Å². The molecule has 11 nitrogen and oxygen atoms in total. The molecule has 0 aliphatic rings. The lowest BCUT2D eigenvalue weighted by atomic mass is 10.2. The minimum Gasteiger partial charge on any atom is -0.461 e. The number of oxime groups is 1. The van der Waals surface area contributed by atoms with Crippen molar-refractivity contribution >= 4 is 40.5 Å². The van der Waals surface area contributed by atoms with Crippen molar-refractivity contribution in [1.29, 1.82) is 0 Å². The lowest BCUT2D eigenvalue weighted by Gasteiger charge is -2.17. The van der Waals surface area contributed by atoms with E-state index in [1.165, 1.54) is 5.38 Å². The van der Waals surface area contributed by atoms with Crippen LogP contribution in [0, 0.1) is 0 Å². The Morgan fingerprint density at radius 3 is 2.41 bits per heavy atom. The second-order valence-corrected chi connectivity index (χ2v) is 6.50. The molecule has 0 fully saturated rings. The summed E-state index contributed by atoms with van der Waals surface area (Å²) >= 11 is 1.00. The topological polar surface area (TPSA) is 135 Å². The molecule has 1 heterocycles. The van der Waals surface area contributed by atoms with Crippen molar-refractivity contribution in [2.75, 3.05) is 18.7 Å². The zero-order chi connectivity index (χ0) is 20.4. The second kappa shape index (κ2) is 10.3. The third-order valence-corrected chi connectivity index (χ3v) is 3.04. The number of rotatable bonds is 7. The van der Waals surface area contributed by atoms with E-state index in [0.717, 1.165) is 11.3 Å². The molecule has 0 amide bonds. The van der Waals surface area contributed by atoms with Gasteiger partial charge in [-0.25, -0.2) is 19.4 Å². The van der Waals surface area contributed by atoms with Gasteiger partial charge in [-0.05, 0) is 34.6 Å². The van der Waals surface area contributed by atoms with Crippen LogP contribution < -0.4 is 5.48 Å². The molecule has 1 rings (SSSR count). The van der Waals surface area contributed by atoms with Crippen molar-refractivity contribution in [3.8, 4) is 0 Å². The summed E-state index contributed by atoms with van der Waals surface area (Å²) in [5.74, 6) is -0.857. The highest BCUT2D eigenvalue weighted by Crippen LogP contribution is 2.17. The van der Waals surface area contributed by atoms with Gasteiger partial charge in [0.2, 0.25) is 10.8 Å². The molecule has 1 N–H and O–H groups in total. The van der Waals surface area contributed by atoms with Crippen molar-refractivity contribution < 1.29 is 38.3 Å². The summed E-state index contributed by atoms with van der Waals surface area (Å²) in [6, 6.07) is 0. The molecule has 0 aliphatic carbocycles. The van der Waals surface area contributed by atoms with E-state index >= 15 is 0 Å². The fraction of sp³-hybridized carbons (Fsp3) is 0.533. The maximum Gasteiger partial charge on any atom is 0.535 e. The summed E-state index contributed by atoms with van der Waals surface area (Å²) in [6.07, 6.45) is -2.04. The van der Waals surface area contributed by atoms with E-state index in [9.17, 15) is 14.4 Å². The summed E-state index contributed by atoms with van der Waals surface area (Å²) in [7, 11) is 0. The van der Waals surface area contributed by atoms with Crippen molar-refractivity contribution in [3.63, 3.8) is 0 Å². The predicted octanol–water partition coefficient (Wildman–Crippen LogP) is 2.86. The maximum absolute atomic E-state index is 12.1. The van der Waals surface area contributed by atoms with Gasteiger partial charge in [-0.2, -0.15) is 5.48 Å². The first-order chi connectivity index (χ1) is 12.7. The Morgan fingerprint density at radius 1 is 1.15 bits per heavy atom. The van der Waals surface area contributed by atoms with Crippen molar-refractivity contribution in [1.82, 2.24) is 4.98 Å². The summed E-state index contributed by atoms with van der Waals surface area (Å²) in [5, 5.41) is 5.04. The van der Waals surface area contributed by atoms with E-state index in [0.29, 0.717) is 0 Å². The van der Waals surface area contributed by atoms with E-state index in [4.69, 9.17) is 9.47 Å². The molecule has 0 saturated carbocycles. The Labute approximate surface area is 159 Å². The van der Waals surface area contributed by atoms with Gasteiger partial charge in [0.15, 0.2) is 0 Å². The highest BCUT2D eigenvalue weighted by molar-refractivity contribution is 7.14. The van der Waals surface area contributed by atoms with Crippen LogP contribution >= 0.6 is 11.3 Å². The number of hydrogen-bond donors (Lipinski definition) is 1. The molecule has 1 aromatic rings. The molecule has 0 saturated heterocycles. The molecule has 0 aliphatic heterocycles. The molecule has 0 aromatic carbocycles. The number of carbonyl (C=O) groups is 3. The number of hydrogen-bond acceptors (Lipinski definition) is 12. The largest absolute Gasteiger partial charge is 0.535 e. The Balaban J connectivity index is 2.88. The van der Waals surface area contributed by atoms with Crippen LogP contribution in [0.1, 0.15) is 40.3 Å². The number of thiazole rings is 1. The fourth-order valence-corrected chi connectivity index (χ4v) is 2.03. The van der Waals surface area contributed by atoms with Crippen molar-refractivity contribution in [2.24, 2.45) is 5.16 Å². The average Bonchev–Trinajstić information content (AvgIpc) is 3.01. The Bertz CT molecular complexity index is 695. The summed E-state index contributed by atoms with van der Waals surface area (Å²) in [6.45, 7) is 8.38. The summed E-state index contributed by atoms with van der Waals surface area (Å²) in [5.41, 5.74) is 1.15. The minimum absolute atomic E-state index is 0.0389. The predicted molar refractivity (Wildman–Crippen MR) is 94.3 cm³/mol. The number of carbonyl (C=O) groups excluding carboxylic acids is 3. The number of esters is 1. The van der Waals surface area contributed by atoms with Gasteiger partial charge in [0, 0.05) is 5.38 Å². The third kappa shape index (κ3) is 8.35. The van der Waals surface area contributed by atoms with E-state index in [1.807, 2.05) is 0 Å². The molecule has 1 aromatic heterocycles. The zero-order valence-electron chi connectivity index (χ0n) is 15.6. The van der Waals surface area contributed by atoms with E-state index in [1.54, 1.807) is 34.6 Å². The van der Waals surface area contributed by atoms with Crippen molar-refractivity contribution in [2.45, 2.75) is 40.2 Å². The number of ether oxygens (including phenoxy) is 3. The summed E-state index contributed by atoms with van der Waals surface area (Å²) < 4.78 is 14.4. The normalized spacial score (nSPS) is 11.4. The van der Waals surface area contributed by atoms with Crippen LogP contribution in [0.3, 0.4) is 0 Å². The van der Waals surface area contributed by atoms with Crippen LogP contribution in [0.2, 0.25) is 0 Å². The Hall–Kier alpha value is -2.89. The van der Waals surface area contributed by atoms with Crippen LogP contribution in [0.25, 0.3) is 0 Å². The molecule has 150 valence electrons. The number of aromatic nitrogens is 1. The van der Waals surface area contributed by atoms with Crippen molar-refractivity contribution in [3.05, 3.63) is 11.1 Å². The first kappa shape index (κ1) is 22.2. The number of nitrogens with one attached hydrogen (secondary N) is 1. The highest BCUT2D eigenvalue weighted by Gasteiger charge is 2.23. The van der Waals surface area contributed by atoms with Crippen LogP contribution in [-0.2, 0) is 28.7 Å². The minimum atomic E-state index is -1.09. The van der Waals surface area contributed by atoms with Crippen LogP contribution in [-0.4, -0.2) is 47.8 Å². The third-order valence-electron chi connectivity index (χ3n) is 2.30. The van der Waals surface area contributed by atoms with Crippen LogP contribution in [0.15, 0.2) is 10.5 Å². The zero-order valence-corrected chi connectivity index (χ0v) is 16.4. The van der Waals surface area contributed by atoms with E-state index < -0.39 is 23.9 Å².